The molecule has 3 rings (SSSR count). The molecule has 1 atom stereocenters. The Balaban J connectivity index is 1.49. The minimum atomic E-state index is -0.525. The van der Waals surface area contributed by atoms with Gasteiger partial charge in [-0.3, -0.25) is 4.90 Å². The number of benzene rings is 2. The van der Waals surface area contributed by atoms with Gasteiger partial charge in [0.2, 0.25) is 0 Å². The van der Waals surface area contributed by atoms with Crippen molar-refractivity contribution in [3.05, 3.63) is 59.7 Å². The van der Waals surface area contributed by atoms with Crippen molar-refractivity contribution >= 4 is 0 Å². The number of hydrogen-bond donors (Lipinski definition) is 2. The predicted octanol–water partition coefficient (Wildman–Crippen LogP) is 1.97. The van der Waals surface area contributed by atoms with Crippen LogP contribution in [0.3, 0.4) is 0 Å². The second kappa shape index (κ2) is 11.2. The Kier molecular flexibility index (Phi) is 8.31. The van der Waals surface area contributed by atoms with Crippen molar-refractivity contribution < 1.29 is 14.6 Å². The lowest BCUT2D eigenvalue weighted by Gasteiger charge is -2.33. The summed E-state index contributed by atoms with van der Waals surface area (Å²) in [5, 5.41) is 13.8. The van der Waals surface area contributed by atoms with Crippen LogP contribution in [0.2, 0.25) is 0 Å². The first-order valence-corrected chi connectivity index (χ1v) is 10.3. The van der Waals surface area contributed by atoms with E-state index >= 15 is 0 Å². The molecule has 0 aromatic heterocycles. The molecule has 0 radical (unpaired) electrons. The van der Waals surface area contributed by atoms with E-state index in [1.807, 2.05) is 36.4 Å². The first-order valence-electron chi connectivity index (χ1n) is 10.3. The topological polar surface area (TPSA) is 57.2 Å². The second-order valence-electron chi connectivity index (χ2n) is 7.64. The average molecular weight is 400 g/mol. The van der Waals surface area contributed by atoms with Gasteiger partial charge in [0, 0.05) is 45.8 Å². The summed E-state index contributed by atoms with van der Waals surface area (Å²) in [6, 6.07) is 16.3. The number of likely N-dealkylation sites (N-methyl/N-ethyl adjacent to an activating group) is 1. The summed E-state index contributed by atoms with van der Waals surface area (Å²) in [5.41, 5.74) is 2.37. The van der Waals surface area contributed by atoms with E-state index in [1.54, 1.807) is 7.11 Å². The number of rotatable bonds is 10. The SMILES string of the molecule is COc1ccc(CNCc2ccccc2)cc1OC[C@@H](O)CN1CCN(C)CC1. The number of nitrogens with zero attached hydrogens (tertiary/aromatic N) is 2. The number of β-amino-alcohol motifs (C(OH)–C–C–N with tert-alkyl or cyclic N) is 1. The van der Waals surface area contributed by atoms with Crippen molar-refractivity contribution in [1.29, 1.82) is 0 Å². The standard InChI is InChI=1S/C23H33N3O3/c1-25-10-12-26(13-11-25)17-21(27)18-29-23-14-20(8-9-22(23)28-2)16-24-15-19-6-4-3-5-7-19/h3-9,14,21,24,27H,10-13,15-18H2,1-2H3/t21-/m0/s1. The lowest BCUT2D eigenvalue weighted by Crippen LogP contribution is -2.47. The van der Waals surface area contributed by atoms with E-state index in [4.69, 9.17) is 9.47 Å². The summed E-state index contributed by atoms with van der Waals surface area (Å²) >= 11 is 0. The van der Waals surface area contributed by atoms with Crippen molar-refractivity contribution in [1.82, 2.24) is 15.1 Å². The zero-order valence-corrected chi connectivity index (χ0v) is 17.5. The molecule has 0 unspecified atom stereocenters. The van der Waals surface area contributed by atoms with Gasteiger partial charge in [-0.15, -0.1) is 0 Å². The van der Waals surface area contributed by atoms with Crippen LogP contribution in [0.15, 0.2) is 48.5 Å². The van der Waals surface area contributed by atoms with Crippen LogP contribution in [0.1, 0.15) is 11.1 Å². The molecule has 0 bridgehead atoms. The molecule has 2 aromatic carbocycles. The van der Waals surface area contributed by atoms with Crippen molar-refractivity contribution in [3.8, 4) is 11.5 Å². The zero-order valence-electron chi connectivity index (χ0n) is 17.5. The third-order valence-corrected chi connectivity index (χ3v) is 5.23. The molecule has 0 amide bonds. The van der Waals surface area contributed by atoms with E-state index < -0.39 is 6.10 Å². The van der Waals surface area contributed by atoms with Gasteiger partial charge in [-0.25, -0.2) is 0 Å². The van der Waals surface area contributed by atoms with Gasteiger partial charge in [0.15, 0.2) is 11.5 Å². The summed E-state index contributed by atoms with van der Waals surface area (Å²) in [6.45, 7) is 6.49. The Bertz CT molecular complexity index is 733. The Hall–Kier alpha value is -2.12. The molecular formula is C23H33N3O3. The molecule has 1 fully saturated rings. The van der Waals surface area contributed by atoms with Crippen LogP contribution in [-0.2, 0) is 13.1 Å². The molecule has 1 saturated heterocycles. The Morgan fingerprint density at radius 1 is 0.966 bits per heavy atom. The molecule has 29 heavy (non-hydrogen) atoms. The van der Waals surface area contributed by atoms with Crippen LogP contribution in [0.5, 0.6) is 11.5 Å². The van der Waals surface area contributed by atoms with Crippen molar-refractivity contribution in [2.75, 3.05) is 53.5 Å². The Labute approximate surface area is 174 Å². The molecule has 0 saturated carbocycles. The van der Waals surface area contributed by atoms with Crippen LogP contribution >= 0.6 is 0 Å². The highest BCUT2D eigenvalue weighted by atomic mass is 16.5. The van der Waals surface area contributed by atoms with Crippen LogP contribution in [-0.4, -0.2) is 74.5 Å². The fourth-order valence-corrected chi connectivity index (χ4v) is 3.46. The molecule has 0 aliphatic carbocycles. The van der Waals surface area contributed by atoms with Gasteiger partial charge >= 0.3 is 0 Å². The number of nitrogens with one attached hydrogen (secondary N) is 1. The third-order valence-electron chi connectivity index (χ3n) is 5.23. The molecule has 2 aromatic rings. The van der Waals surface area contributed by atoms with Crippen LogP contribution < -0.4 is 14.8 Å². The number of methoxy groups -OCH3 is 1. The molecule has 2 N–H and O–H groups in total. The Morgan fingerprint density at radius 3 is 2.41 bits per heavy atom. The monoisotopic (exact) mass is 399 g/mol. The summed E-state index contributed by atoms with van der Waals surface area (Å²) in [4.78, 5) is 4.59. The molecule has 1 aliphatic rings. The number of piperazine rings is 1. The Morgan fingerprint density at radius 2 is 1.69 bits per heavy atom. The minimum absolute atomic E-state index is 0.254. The summed E-state index contributed by atoms with van der Waals surface area (Å²) in [7, 11) is 3.76. The second-order valence-corrected chi connectivity index (χ2v) is 7.64. The fourth-order valence-electron chi connectivity index (χ4n) is 3.46. The van der Waals surface area contributed by atoms with Gasteiger partial charge in [0.1, 0.15) is 12.7 Å². The highest BCUT2D eigenvalue weighted by molar-refractivity contribution is 5.43. The lowest BCUT2D eigenvalue weighted by molar-refractivity contribution is 0.0498. The van der Waals surface area contributed by atoms with E-state index in [2.05, 4.69) is 34.3 Å². The third kappa shape index (κ3) is 7.01. The van der Waals surface area contributed by atoms with E-state index in [-0.39, 0.29) is 6.61 Å². The number of ether oxygens (including phenoxy) is 2. The van der Waals surface area contributed by atoms with Gasteiger partial charge in [-0.05, 0) is 30.3 Å². The molecule has 1 aliphatic heterocycles. The summed E-state index contributed by atoms with van der Waals surface area (Å²) in [5.74, 6) is 1.35. The maximum atomic E-state index is 10.4. The fraction of sp³-hybridized carbons (Fsp3) is 0.478. The van der Waals surface area contributed by atoms with Gasteiger partial charge in [0.25, 0.3) is 0 Å². The van der Waals surface area contributed by atoms with Crippen molar-refractivity contribution in [3.63, 3.8) is 0 Å². The molecule has 6 heteroatoms. The van der Waals surface area contributed by atoms with Crippen molar-refractivity contribution in [2.24, 2.45) is 0 Å². The number of aliphatic hydroxyl groups excluding tert-OH is 1. The van der Waals surface area contributed by atoms with Crippen molar-refractivity contribution in [2.45, 2.75) is 19.2 Å². The number of hydrogen-bond acceptors (Lipinski definition) is 6. The zero-order chi connectivity index (χ0) is 20.5. The maximum Gasteiger partial charge on any atom is 0.161 e. The smallest absolute Gasteiger partial charge is 0.161 e. The van der Waals surface area contributed by atoms with Gasteiger partial charge in [-0.1, -0.05) is 36.4 Å². The maximum absolute atomic E-state index is 10.4. The lowest BCUT2D eigenvalue weighted by atomic mass is 10.2. The molecule has 0 spiro atoms. The highest BCUT2D eigenvalue weighted by Gasteiger charge is 2.18. The van der Waals surface area contributed by atoms with Gasteiger partial charge in [-0.2, -0.15) is 0 Å². The van der Waals surface area contributed by atoms with E-state index in [0.29, 0.717) is 18.0 Å². The first kappa shape index (κ1) is 21.6. The molecule has 6 nitrogen and oxygen atoms in total. The molecule has 158 valence electrons. The first-order chi connectivity index (χ1) is 14.1. The largest absolute Gasteiger partial charge is 0.493 e. The van der Waals surface area contributed by atoms with Gasteiger partial charge < -0.3 is 24.8 Å². The van der Waals surface area contributed by atoms with Gasteiger partial charge in [0.05, 0.1) is 7.11 Å². The quantitative estimate of drug-likeness (QED) is 0.637. The highest BCUT2D eigenvalue weighted by Crippen LogP contribution is 2.28. The van der Waals surface area contributed by atoms with Crippen LogP contribution in [0.4, 0.5) is 0 Å². The van der Waals surface area contributed by atoms with E-state index in [1.165, 1.54) is 5.56 Å². The minimum Gasteiger partial charge on any atom is -0.493 e. The van der Waals surface area contributed by atoms with Crippen LogP contribution in [0, 0.1) is 0 Å². The molecular weight excluding hydrogens is 366 g/mol. The summed E-state index contributed by atoms with van der Waals surface area (Å²) in [6.07, 6.45) is -0.525. The van der Waals surface area contributed by atoms with Crippen LogP contribution in [0.25, 0.3) is 0 Å². The number of aliphatic hydroxyl groups is 1. The normalized spacial score (nSPS) is 16.5. The predicted molar refractivity (Wildman–Crippen MR) is 115 cm³/mol. The molecule has 1 heterocycles. The summed E-state index contributed by atoms with van der Waals surface area (Å²) < 4.78 is 11.3. The average Bonchev–Trinajstić information content (AvgIpc) is 2.75. The van der Waals surface area contributed by atoms with E-state index in [9.17, 15) is 5.11 Å². The van der Waals surface area contributed by atoms with E-state index in [0.717, 1.165) is 44.8 Å².